The molecule has 4 rings (SSSR count). The van der Waals surface area contributed by atoms with Crippen molar-refractivity contribution in [2.24, 2.45) is 0 Å². The van der Waals surface area contributed by atoms with E-state index in [1.54, 1.807) is 48.5 Å². The van der Waals surface area contributed by atoms with E-state index in [0.29, 0.717) is 33.4 Å². The van der Waals surface area contributed by atoms with Gasteiger partial charge in [-0.3, -0.25) is 9.59 Å². The Kier molecular flexibility index (Phi) is 4.66. The quantitative estimate of drug-likeness (QED) is 0.566. The summed E-state index contributed by atoms with van der Waals surface area (Å²) in [5.74, 6) is -0.535. The van der Waals surface area contributed by atoms with Gasteiger partial charge in [-0.1, -0.05) is 66.7 Å². The van der Waals surface area contributed by atoms with Gasteiger partial charge < -0.3 is 0 Å². The third kappa shape index (κ3) is 3.51. The fraction of sp³-hybridized carbons (Fsp3) is 0.0833. The van der Waals surface area contributed by atoms with E-state index in [2.05, 4.69) is 0 Å². The minimum atomic E-state index is -4.43. The summed E-state index contributed by atoms with van der Waals surface area (Å²) in [5, 5.41) is 0. The molecule has 1 aliphatic carbocycles. The SMILES string of the molecule is O=C1C(Cc2ccc(C(F)(F)F)cc2)=C(c2ccccc2)C(=O)c2ccccc21. The molecule has 0 spiro atoms. The average molecular weight is 392 g/mol. The highest BCUT2D eigenvalue weighted by molar-refractivity contribution is 6.40. The van der Waals surface area contributed by atoms with Crippen molar-refractivity contribution in [3.05, 3.63) is 112 Å². The fourth-order valence-electron chi connectivity index (χ4n) is 3.52. The smallest absolute Gasteiger partial charge is 0.289 e. The minimum absolute atomic E-state index is 0.0707. The van der Waals surface area contributed by atoms with Crippen LogP contribution >= 0.6 is 0 Å². The number of benzene rings is 3. The van der Waals surface area contributed by atoms with E-state index in [9.17, 15) is 22.8 Å². The first-order chi connectivity index (χ1) is 13.9. The lowest BCUT2D eigenvalue weighted by Gasteiger charge is -2.21. The van der Waals surface area contributed by atoms with Gasteiger partial charge in [0.15, 0.2) is 11.6 Å². The molecule has 1 aliphatic rings. The lowest BCUT2D eigenvalue weighted by atomic mass is 9.79. The van der Waals surface area contributed by atoms with Crippen molar-refractivity contribution in [1.29, 1.82) is 0 Å². The van der Waals surface area contributed by atoms with Crippen LogP contribution in [-0.4, -0.2) is 11.6 Å². The third-order valence-electron chi connectivity index (χ3n) is 4.94. The fourth-order valence-corrected chi connectivity index (χ4v) is 3.52. The molecule has 0 fully saturated rings. The van der Waals surface area contributed by atoms with E-state index < -0.39 is 11.7 Å². The van der Waals surface area contributed by atoms with E-state index in [-0.39, 0.29) is 18.0 Å². The second kappa shape index (κ2) is 7.17. The molecule has 0 amide bonds. The van der Waals surface area contributed by atoms with E-state index in [1.807, 2.05) is 6.07 Å². The molecule has 0 bridgehead atoms. The van der Waals surface area contributed by atoms with Gasteiger partial charge in [-0.25, -0.2) is 0 Å². The van der Waals surface area contributed by atoms with Gasteiger partial charge in [0.2, 0.25) is 0 Å². The predicted octanol–water partition coefficient (Wildman–Crippen LogP) is 5.78. The van der Waals surface area contributed by atoms with Gasteiger partial charge in [0.25, 0.3) is 0 Å². The van der Waals surface area contributed by atoms with Crippen molar-refractivity contribution in [3.63, 3.8) is 0 Å². The summed E-state index contributed by atoms with van der Waals surface area (Å²) in [6.07, 6.45) is -4.36. The summed E-state index contributed by atoms with van der Waals surface area (Å²) in [7, 11) is 0. The normalized spacial score (nSPS) is 14.2. The number of hydrogen-bond acceptors (Lipinski definition) is 2. The van der Waals surface area contributed by atoms with Gasteiger partial charge in [0, 0.05) is 28.7 Å². The number of allylic oxidation sites excluding steroid dienone is 2. The molecule has 29 heavy (non-hydrogen) atoms. The van der Waals surface area contributed by atoms with Crippen molar-refractivity contribution in [2.45, 2.75) is 12.6 Å². The first kappa shape index (κ1) is 18.9. The summed E-state index contributed by atoms with van der Waals surface area (Å²) in [6, 6.07) is 20.1. The molecule has 0 aromatic heterocycles. The number of halogens is 3. The van der Waals surface area contributed by atoms with Crippen LogP contribution < -0.4 is 0 Å². The van der Waals surface area contributed by atoms with E-state index in [4.69, 9.17) is 0 Å². The third-order valence-corrected chi connectivity index (χ3v) is 4.94. The van der Waals surface area contributed by atoms with Crippen LogP contribution in [-0.2, 0) is 12.6 Å². The maximum atomic E-state index is 13.2. The van der Waals surface area contributed by atoms with E-state index >= 15 is 0 Å². The molecule has 0 N–H and O–H groups in total. The second-order valence-corrected chi connectivity index (χ2v) is 6.79. The number of fused-ring (bicyclic) bond motifs is 1. The molecule has 0 radical (unpaired) electrons. The zero-order chi connectivity index (χ0) is 20.6. The molecule has 0 saturated heterocycles. The predicted molar refractivity (Wildman–Crippen MR) is 104 cm³/mol. The summed E-state index contributed by atoms with van der Waals surface area (Å²) in [6.45, 7) is 0. The van der Waals surface area contributed by atoms with Crippen LogP contribution in [0, 0.1) is 0 Å². The largest absolute Gasteiger partial charge is 0.416 e. The van der Waals surface area contributed by atoms with Gasteiger partial charge in [-0.2, -0.15) is 13.2 Å². The lowest BCUT2D eigenvalue weighted by molar-refractivity contribution is -0.137. The Labute approximate surface area is 165 Å². The highest BCUT2D eigenvalue weighted by Crippen LogP contribution is 2.35. The van der Waals surface area contributed by atoms with Crippen LogP contribution in [0.3, 0.4) is 0 Å². The van der Waals surface area contributed by atoms with Crippen LogP contribution in [0.5, 0.6) is 0 Å². The van der Waals surface area contributed by atoms with Crippen LogP contribution in [0.1, 0.15) is 37.4 Å². The van der Waals surface area contributed by atoms with Crippen molar-refractivity contribution < 1.29 is 22.8 Å². The number of carbonyl (C=O) groups excluding carboxylic acids is 2. The highest BCUT2D eigenvalue weighted by Gasteiger charge is 2.33. The van der Waals surface area contributed by atoms with Gasteiger partial charge in [-0.15, -0.1) is 0 Å². The van der Waals surface area contributed by atoms with E-state index in [1.165, 1.54) is 12.1 Å². The Balaban J connectivity index is 1.82. The number of hydrogen-bond donors (Lipinski definition) is 0. The highest BCUT2D eigenvalue weighted by atomic mass is 19.4. The summed E-state index contributed by atoms with van der Waals surface area (Å²) in [4.78, 5) is 26.4. The molecular weight excluding hydrogens is 377 g/mol. The van der Waals surface area contributed by atoms with Crippen LogP contribution in [0.4, 0.5) is 13.2 Å². The molecule has 2 nitrogen and oxygen atoms in total. The number of Topliss-reactive ketones (excluding diaryl/α,β-unsaturated/α-hetero) is 2. The number of carbonyl (C=O) groups is 2. The first-order valence-corrected chi connectivity index (χ1v) is 8.99. The number of rotatable bonds is 3. The zero-order valence-electron chi connectivity index (χ0n) is 15.2. The minimum Gasteiger partial charge on any atom is -0.289 e. The summed E-state index contributed by atoms with van der Waals surface area (Å²) < 4.78 is 38.5. The molecule has 5 heteroatoms. The Hall–Kier alpha value is -3.47. The van der Waals surface area contributed by atoms with Crippen molar-refractivity contribution in [2.75, 3.05) is 0 Å². The summed E-state index contributed by atoms with van der Waals surface area (Å²) >= 11 is 0. The zero-order valence-corrected chi connectivity index (χ0v) is 15.2. The van der Waals surface area contributed by atoms with Crippen molar-refractivity contribution in [3.8, 4) is 0 Å². The van der Waals surface area contributed by atoms with Crippen LogP contribution in [0.15, 0.2) is 84.4 Å². The monoisotopic (exact) mass is 392 g/mol. The van der Waals surface area contributed by atoms with Crippen LogP contribution in [0.25, 0.3) is 5.57 Å². The molecule has 0 atom stereocenters. The Morgan fingerprint density at radius 2 is 1.21 bits per heavy atom. The Morgan fingerprint density at radius 1 is 0.655 bits per heavy atom. The molecule has 0 unspecified atom stereocenters. The Morgan fingerprint density at radius 3 is 1.79 bits per heavy atom. The van der Waals surface area contributed by atoms with E-state index in [0.717, 1.165) is 12.1 Å². The number of alkyl halides is 3. The standard InChI is InChI=1S/C24H15F3O2/c25-24(26,27)17-12-10-15(11-13-17)14-20-21(16-6-2-1-3-7-16)23(29)19-9-5-4-8-18(19)22(20)28/h1-13H,14H2. The van der Waals surface area contributed by atoms with Gasteiger partial charge in [0.1, 0.15) is 0 Å². The molecule has 0 saturated carbocycles. The molecule has 144 valence electrons. The van der Waals surface area contributed by atoms with Gasteiger partial charge >= 0.3 is 6.18 Å². The lowest BCUT2D eigenvalue weighted by Crippen LogP contribution is -2.22. The van der Waals surface area contributed by atoms with Gasteiger partial charge in [0.05, 0.1) is 5.56 Å². The maximum absolute atomic E-state index is 13.2. The van der Waals surface area contributed by atoms with Crippen LogP contribution in [0.2, 0.25) is 0 Å². The average Bonchev–Trinajstić information content (AvgIpc) is 2.72. The Bertz CT molecular complexity index is 1120. The topological polar surface area (TPSA) is 34.1 Å². The molecule has 3 aromatic carbocycles. The first-order valence-electron chi connectivity index (χ1n) is 8.99. The molecule has 0 aliphatic heterocycles. The summed E-state index contributed by atoms with van der Waals surface area (Å²) in [5.41, 5.74) is 1.64. The number of ketones is 2. The molecule has 0 heterocycles. The maximum Gasteiger partial charge on any atom is 0.416 e. The second-order valence-electron chi connectivity index (χ2n) is 6.79. The molecule has 3 aromatic rings. The molecular formula is C24H15F3O2. The van der Waals surface area contributed by atoms with Crippen molar-refractivity contribution >= 4 is 17.1 Å². The van der Waals surface area contributed by atoms with Gasteiger partial charge in [-0.05, 0) is 23.3 Å². The van der Waals surface area contributed by atoms with Crippen molar-refractivity contribution in [1.82, 2.24) is 0 Å².